The first-order valence-electron chi connectivity index (χ1n) is 9.61. The second kappa shape index (κ2) is 9.28. The molecule has 0 saturated carbocycles. The van der Waals surface area contributed by atoms with Crippen molar-refractivity contribution in [1.82, 2.24) is 4.98 Å². The van der Waals surface area contributed by atoms with Crippen LogP contribution < -0.4 is 10.2 Å². The minimum absolute atomic E-state index is 0.193. The fourth-order valence-corrected chi connectivity index (χ4v) is 3.19. The quantitative estimate of drug-likeness (QED) is 0.253. The van der Waals surface area contributed by atoms with Crippen LogP contribution in [0.4, 0.5) is 19.0 Å². The molecule has 0 aliphatic carbocycles. The van der Waals surface area contributed by atoms with E-state index in [9.17, 15) is 13.2 Å². The molecule has 0 aliphatic heterocycles. The predicted octanol–water partition coefficient (Wildman–Crippen LogP) is 6.93. The number of rotatable bonds is 6. The number of nitrogens with one attached hydrogen (secondary N) is 1. The Labute approximate surface area is 187 Å². The van der Waals surface area contributed by atoms with Gasteiger partial charge in [0.15, 0.2) is 0 Å². The Balaban J connectivity index is 1.56. The second-order valence-corrected chi connectivity index (χ2v) is 7.35. The molecule has 0 atom stereocenters. The van der Waals surface area contributed by atoms with Gasteiger partial charge in [-0.1, -0.05) is 54.1 Å². The van der Waals surface area contributed by atoms with Crippen LogP contribution in [0.5, 0.6) is 5.75 Å². The van der Waals surface area contributed by atoms with E-state index >= 15 is 0 Å². The molecule has 4 rings (SSSR count). The van der Waals surface area contributed by atoms with Gasteiger partial charge in [0, 0.05) is 16.8 Å². The number of fused-ring (bicyclic) bond motifs is 1. The van der Waals surface area contributed by atoms with Crippen molar-refractivity contribution in [3.8, 4) is 5.75 Å². The molecule has 1 aromatic heterocycles. The molecule has 4 nitrogen and oxygen atoms in total. The highest BCUT2D eigenvalue weighted by atomic mass is 35.5. The van der Waals surface area contributed by atoms with Crippen molar-refractivity contribution >= 4 is 34.4 Å². The van der Waals surface area contributed by atoms with E-state index in [0.29, 0.717) is 17.4 Å². The molecule has 1 N–H and O–H groups in total. The van der Waals surface area contributed by atoms with Crippen LogP contribution in [0.3, 0.4) is 0 Å². The Morgan fingerprint density at radius 2 is 1.75 bits per heavy atom. The highest BCUT2D eigenvalue weighted by Gasteiger charge is 2.30. The average molecular weight is 456 g/mol. The molecule has 0 amide bonds. The van der Waals surface area contributed by atoms with Gasteiger partial charge in [0.1, 0.15) is 18.2 Å². The number of pyridine rings is 1. The van der Waals surface area contributed by atoms with Crippen molar-refractivity contribution in [3.63, 3.8) is 0 Å². The summed E-state index contributed by atoms with van der Waals surface area (Å²) in [5.74, 6) is 0.808. The van der Waals surface area contributed by atoms with E-state index in [1.54, 1.807) is 18.3 Å². The number of hydrogen-bond acceptors (Lipinski definition) is 4. The molecular formula is C24H17ClF3N3O. The lowest BCUT2D eigenvalue weighted by atomic mass is 10.0. The molecular weight excluding hydrogens is 439 g/mol. The normalized spacial score (nSPS) is 11.8. The summed E-state index contributed by atoms with van der Waals surface area (Å²) in [6.45, 7) is 0.338. The third-order valence-corrected chi connectivity index (χ3v) is 4.95. The lowest BCUT2D eigenvalue weighted by Crippen LogP contribution is -2.05. The number of halogens is 4. The maximum Gasteiger partial charge on any atom is 0.417 e. The van der Waals surface area contributed by atoms with Gasteiger partial charge in [-0.3, -0.25) is 5.43 Å². The van der Waals surface area contributed by atoms with Gasteiger partial charge in [0.25, 0.3) is 0 Å². The standard InChI is InChI=1S/C24H17ClF3N3O/c25-19-9-5-16(6-10-19)15-32-22-11-7-17-3-1-2-4-20(17)21(22)14-30-31-23-12-8-18(13-29-23)24(26,27)28/h1-14H,15H2,(H,29,31)/b30-14-. The van der Waals surface area contributed by atoms with Gasteiger partial charge in [-0.25, -0.2) is 4.98 Å². The van der Waals surface area contributed by atoms with Crippen LogP contribution in [0.2, 0.25) is 5.02 Å². The Morgan fingerprint density at radius 1 is 0.969 bits per heavy atom. The zero-order chi connectivity index (χ0) is 22.6. The molecule has 4 aromatic rings. The van der Waals surface area contributed by atoms with Crippen LogP contribution >= 0.6 is 11.6 Å². The minimum Gasteiger partial charge on any atom is -0.488 e. The van der Waals surface area contributed by atoms with Gasteiger partial charge >= 0.3 is 6.18 Å². The van der Waals surface area contributed by atoms with Crippen LogP contribution in [0.15, 0.2) is 84.1 Å². The molecule has 0 fully saturated rings. The smallest absolute Gasteiger partial charge is 0.417 e. The third-order valence-electron chi connectivity index (χ3n) is 4.70. The van der Waals surface area contributed by atoms with E-state index in [-0.39, 0.29) is 5.82 Å². The van der Waals surface area contributed by atoms with Crippen molar-refractivity contribution in [1.29, 1.82) is 0 Å². The largest absolute Gasteiger partial charge is 0.488 e. The second-order valence-electron chi connectivity index (χ2n) is 6.91. The van der Waals surface area contributed by atoms with Gasteiger partial charge in [0.05, 0.1) is 11.8 Å². The van der Waals surface area contributed by atoms with Crippen LogP contribution in [0.25, 0.3) is 10.8 Å². The van der Waals surface area contributed by atoms with Crippen LogP contribution in [-0.4, -0.2) is 11.2 Å². The molecule has 162 valence electrons. The number of anilines is 1. The van der Waals surface area contributed by atoms with Crippen molar-refractivity contribution in [3.05, 3.63) is 101 Å². The van der Waals surface area contributed by atoms with E-state index in [1.807, 2.05) is 48.5 Å². The summed E-state index contributed by atoms with van der Waals surface area (Å²) in [6.07, 6.45) is -2.11. The SMILES string of the molecule is FC(F)(F)c1ccc(N/N=C\c2c(OCc3ccc(Cl)cc3)ccc3ccccc23)nc1. The summed E-state index contributed by atoms with van der Waals surface area (Å²) in [7, 11) is 0. The van der Waals surface area contributed by atoms with E-state index in [1.165, 1.54) is 6.07 Å². The molecule has 0 radical (unpaired) electrons. The zero-order valence-electron chi connectivity index (χ0n) is 16.6. The van der Waals surface area contributed by atoms with Crippen molar-refractivity contribution < 1.29 is 17.9 Å². The number of ether oxygens (including phenoxy) is 1. The average Bonchev–Trinajstić information content (AvgIpc) is 2.79. The number of alkyl halides is 3. The predicted molar refractivity (Wildman–Crippen MR) is 120 cm³/mol. The van der Waals surface area contributed by atoms with Crippen LogP contribution in [0.1, 0.15) is 16.7 Å². The van der Waals surface area contributed by atoms with E-state index in [0.717, 1.165) is 34.2 Å². The van der Waals surface area contributed by atoms with Crippen molar-refractivity contribution in [2.24, 2.45) is 5.10 Å². The lowest BCUT2D eigenvalue weighted by molar-refractivity contribution is -0.137. The van der Waals surface area contributed by atoms with Crippen LogP contribution in [-0.2, 0) is 12.8 Å². The molecule has 1 heterocycles. The van der Waals surface area contributed by atoms with Gasteiger partial charge in [0.2, 0.25) is 0 Å². The Kier molecular flexibility index (Phi) is 6.28. The van der Waals surface area contributed by atoms with E-state index in [4.69, 9.17) is 16.3 Å². The van der Waals surface area contributed by atoms with E-state index in [2.05, 4.69) is 15.5 Å². The van der Waals surface area contributed by atoms with Gasteiger partial charge < -0.3 is 4.74 Å². The van der Waals surface area contributed by atoms with Crippen molar-refractivity contribution in [2.75, 3.05) is 5.43 Å². The zero-order valence-corrected chi connectivity index (χ0v) is 17.4. The molecule has 0 unspecified atom stereocenters. The first kappa shape index (κ1) is 21.6. The molecule has 0 bridgehead atoms. The summed E-state index contributed by atoms with van der Waals surface area (Å²) in [6, 6.07) is 21.1. The Morgan fingerprint density at radius 3 is 2.47 bits per heavy atom. The number of aromatic nitrogens is 1. The molecule has 8 heteroatoms. The number of hydrazone groups is 1. The maximum atomic E-state index is 12.7. The third kappa shape index (κ3) is 5.18. The number of hydrogen-bond donors (Lipinski definition) is 1. The van der Waals surface area contributed by atoms with Gasteiger partial charge in [-0.05, 0) is 46.7 Å². The Hall–Kier alpha value is -3.58. The minimum atomic E-state index is -4.44. The highest BCUT2D eigenvalue weighted by Crippen LogP contribution is 2.29. The molecule has 0 saturated heterocycles. The summed E-state index contributed by atoms with van der Waals surface area (Å²) < 4.78 is 44.1. The first-order valence-corrected chi connectivity index (χ1v) is 9.99. The lowest BCUT2D eigenvalue weighted by Gasteiger charge is -2.12. The first-order chi connectivity index (χ1) is 15.4. The van der Waals surface area contributed by atoms with Gasteiger partial charge in [-0.15, -0.1) is 0 Å². The molecule has 0 aliphatic rings. The van der Waals surface area contributed by atoms with Crippen molar-refractivity contribution in [2.45, 2.75) is 12.8 Å². The molecule has 32 heavy (non-hydrogen) atoms. The number of benzene rings is 3. The van der Waals surface area contributed by atoms with Gasteiger partial charge in [-0.2, -0.15) is 18.3 Å². The highest BCUT2D eigenvalue weighted by molar-refractivity contribution is 6.30. The Bertz CT molecular complexity index is 1240. The monoisotopic (exact) mass is 455 g/mol. The fourth-order valence-electron chi connectivity index (χ4n) is 3.07. The molecule has 0 spiro atoms. The molecule has 3 aromatic carbocycles. The summed E-state index contributed by atoms with van der Waals surface area (Å²) in [4.78, 5) is 3.76. The van der Waals surface area contributed by atoms with Crippen LogP contribution in [0, 0.1) is 0 Å². The number of nitrogens with zero attached hydrogens (tertiary/aromatic N) is 2. The van der Waals surface area contributed by atoms with E-state index < -0.39 is 11.7 Å². The summed E-state index contributed by atoms with van der Waals surface area (Å²) in [5, 5.41) is 6.74. The maximum absolute atomic E-state index is 12.7. The fraction of sp³-hybridized carbons (Fsp3) is 0.0833. The summed E-state index contributed by atoms with van der Waals surface area (Å²) >= 11 is 5.93. The topological polar surface area (TPSA) is 46.5 Å². The summed E-state index contributed by atoms with van der Waals surface area (Å²) in [5.41, 5.74) is 3.53.